The fourth-order valence-electron chi connectivity index (χ4n) is 2.21. The van der Waals surface area contributed by atoms with Crippen LogP contribution in [-0.2, 0) is 0 Å². The van der Waals surface area contributed by atoms with Crippen LogP contribution in [0.3, 0.4) is 0 Å². The van der Waals surface area contributed by atoms with Gasteiger partial charge in [0.15, 0.2) is 0 Å². The minimum atomic E-state index is -0.705. The lowest BCUT2D eigenvalue weighted by Gasteiger charge is -2.01. The number of nitrogens with one attached hydrogen (secondary N) is 2. The van der Waals surface area contributed by atoms with E-state index in [4.69, 9.17) is 10.5 Å². The molecular formula is C20H20FN3O3S. The Bertz CT molecular complexity index is 928. The van der Waals surface area contributed by atoms with Crippen LogP contribution < -0.4 is 21.1 Å². The van der Waals surface area contributed by atoms with Crippen LogP contribution in [0.2, 0.25) is 0 Å². The molecule has 0 saturated carbocycles. The first-order valence-electron chi connectivity index (χ1n) is 8.22. The zero-order valence-corrected chi connectivity index (χ0v) is 16.2. The molecule has 28 heavy (non-hydrogen) atoms. The van der Waals surface area contributed by atoms with E-state index in [-0.39, 0.29) is 11.7 Å². The van der Waals surface area contributed by atoms with Crippen LogP contribution in [0.1, 0.15) is 10.4 Å². The Hall–Kier alpha value is -3.39. The number of ether oxygens (including phenoxy) is 1. The molecule has 6 nitrogen and oxygen atoms in total. The average molecular weight is 401 g/mol. The molecule has 3 rings (SSSR count). The monoisotopic (exact) mass is 401 g/mol. The van der Waals surface area contributed by atoms with Gasteiger partial charge in [-0.15, -0.1) is 11.3 Å². The van der Waals surface area contributed by atoms with Crippen molar-refractivity contribution in [2.24, 2.45) is 5.73 Å². The molecule has 0 unspecified atom stereocenters. The molecule has 0 bridgehead atoms. The van der Waals surface area contributed by atoms with Gasteiger partial charge in [-0.05, 0) is 48.0 Å². The molecule has 0 fully saturated rings. The predicted molar refractivity (Wildman–Crippen MR) is 109 cm³/mol. The first-order chi connectivity index (χ1) is 13.4. The topological polar surface area (TPSA) is 93.4 Å². The Balaban J connectivity index is 0.000000336. The fraction of sp³-hybridized carbons (Fsp3) is 0.100. The standard InChI is InChI=1S/C14H15N3O3S.C6H5F/c1-16-12(18)10-7-11(21-13(10)17-14(15)19)8-3-5-9(20-2)6-4-8;7-6-4-2-1-3-5-6/h3-7H,1-2H3,(H,16,18)(H3,15,17,19);1-5H. The number of rotatable bonds is 4. The van der Waals surface area contributed by atoms with E-state index in [0.717, 1.165) is 16.2 Å². The lowest BCUT2D eigenvalue weighted by Crippen LogP contribution is -2.22. The van der Waals surface area contributed by atoms with Gasteiger partial charge in [-0.3, -0.25) is 10.1 Å². The number of nitrogens with two attached hydrogens (primary N) is 1. The lowest BCUT2D eigenvalue weighted by molar-refractivity contribution is 0.0964. The fourth-order valence-corrected chi connectivity index (χ4v) is 3.28. The summed E-state index contributed by atoms with van der Waals surface area (Å²) in [5.41, 5.74) is 6.43. The van der Waals surface area contributed by atoms with Crippen molar-refractivity contribution >= 4 is 28.3 Å². The Morgan fingerprint density at radius 1 is 1.07 bits per heavy atom. The summed E-state index contributed by atoms with van der Waals surface area (Å²) < 4.78 is 17.0. The maximum atomic E-state index is 11.9. The molecule has 3 aromatic rings. The van der Waals surface area contributed by atoms with Crippen molar-refractivity contribution < 1.29 is 18.7 Å². The largest absolute Gasteiger partial charge is 0.497 e. The van der Waals surface area contributed by atoms with Crippen molar-refractivity contribution in [2.75, 3.05) is 19.5 Å². The Morgan fingerprint density at radius 3 is 2.18 bits per heavy atom. The summed E-state index contributed by atoms with van der Waals surface area (Å²) in [5.74, 6) is 0.287. The van der Waals surface area contributed by atoms with Gasteiger partial charge >= 0.3 is 6.03 Å². The van der Waals surface area contributed by atoms with Gasteiger partial charge in [0, 0.05) is 11.9 Å². The van der Waals surface area contributed by atoms with Crippen LogP contribution in [0.15, 0.2) is 60.7 Å². The van der Waals surface area contributed by atoms with E-state index in [0.29, 0.717) is 10.6 Å². The summed E-state index contributed by atoms with van der Waals surface area (Å²) in [7, 11) is 3.12. The summed E-state index contributed by atoms with van der Waals surface area (Å²) in [6.07, 6.45) is 0. The molecule has 1 aromatic heterocycles. The number of methoxy groups -OCH3 is 1. The third-order valence-electron chi connectivity index (χ3n) is 3.55. The maximum absolute atomic E-state index is 11.9. The Kier molecular flexibility index (Phi) is 7.53. The van der Waals surface area contributed by atoms with Crippen molar-refractivity contribution in [3.05, 3.63) is 72.0 Å². The maximum Gasteiger partial charge on any atom is 0.317 e. The van der Waals surface area contributed by atoms with Crippen LogP contribution >= 0.6 is 11.3 Å². The van der Waals surface area contributed by atoms with E-state index in [1.54, 1.807) is 31.4 Å². The first kappa shape index (κ1) is 20.9. The summed E-state index contributed by atoms with van der Waals surface area (Å²) >= 11 is 1.28. The Labute approximate surface area is 166 Å². The zero-order valence-electron chi connectivity index (χ0n) is 15.4. The van der Waals surface area contributed by atoms with Gasteiger partial charge in [-0.1, -0.05) is 18.2 Å². The van der Waals surface area contributed by atoms with Crippen LogP contribution in [-0.4, -0.2) is 26.1 Å². The molecular weight excluding hydrogens is 381 g/mol. The molecule has 146 valence electrons. The summed E-state index contributed by atoms with van der Waals surface area (Å²) in [5, 5.41) is 5.43. The van der Waals surface area contributed by atoms with Gasteiger partial charge in [0.25, 0.3) is 5.91 Å². The minimum absolute atomic E-state index is 0.178. The van der Waals surface area contributed by atoms with Gasteiger partial charge in [0.05, 0.1) is 12.7 Å². The number of anilines is 1. The van der Waals surface area contributed by atoms with Crippen LogP contribution in [0.5, 0.6) is 5.75 Å². The summed E-state index contributed by atoms with van der Waals surface area (Å²) in [6.45, 7) is 0. The summed E-state index contributed by atoms with van der Waals surface area (Å²) in [6, 6.07) is 16.4. The highest BCUT2D eigenvalue weighted by Crippen LogP contribution is 2.36. The van der Waals surface area contributed by atoms with Crippen molar-refractivity contribution in [1.82, 2.24) is 5.32 Å². The third-order valence-corrected chi connectivity index (χ3v) is 4.65. The first-order valence-corrected chi connectivity index (χ1v) is 9.03. The number of halogens is 1. The van der Waals surface area contributed by atoms with Gasteiger partial charge in [-0.2, -0.15) is 0 Å². The normalized spacial score (nSPS) is 9.68. The molecule has 0 spiro atoms. The number of carbonyl (C=O) groups is 2. The van der Waals surface area contributed by atoms with Crippen LogP contribution in [0.25, 0.3) is 10.4 Å². The van der Waals surface area contributed by atoms with Crippen molar-refractivity contribution in [1.29, 1.82) is 0 Å². The average Bonchev–Trinajstić information content (AvgIpc) is 3.11. The second kappa shape index (κ2) is 10.1. The molecule has 0 aliphatic rings. The van der Waals surface area contributed by atoms with Crippen LogP contribution in [0, 0.1) is 5.82 Å². The number of carbonyl (C=O) groups excluding carboxylic acids is 2. The highest BCUT2D eigenvalue weighted by molar-refractivity contribution is 7.20. The van der Waals surface area contributed by atoms with Crippen LogP contribution in [0.4, 0.5) is 14.2 Å². The van der Waals surface area contributed by atoms with Gasteiger partial charge in [-0.25, -0.2) is 9.18 Å². The number of primary amides is 1. The van der Waals surface area contributed by atoms with E-state index in [1.807, 2.05) is 24.3 Å². The van der Waals surface area contributed by atoms with Gasteiger partial charge in [0.1, 0.15) is 16.6 Å². The predicted octanol–water partition coefficient (Wildman–Crippen LogP) is 4.10. The second-order valence-electron chi connectivity index (χ2n) is 5.45. The molecule has 8 heteroatoms. The third kappa shape index (κ3) is 5.82. The van der Waals surface area contributed by atoms with E-state index in [9.17, 15) is 14.0 Å². The smallest absolute Gasteiger partial charge is 0.317 e. The highest BCUT2D eigenvalue weighted by atomic mass is 32.1. The van der Waals surface area contributed by atoms with Gasteiger partial charge in [0.2, 0.25) is 0 Å². The number of hydrogen-bond donors (Lipinski definition) is 3. The van der Waals surface area contributed by atoms with Crippen molar-refractivity contribution in [3.63, 3.8) is 0 Å². The molecule has 2 aromatic carbocycles. The van der Waals surface area contributed by atoms with Crippen molar-refractivity contribution in [3.8, 4) is 16.2 Å². The minimum Gasteiger partial charge on any atom is -0.497 e. The molecule has 0 aliphatic carbocycles. The zero-order chi connectivity index (χ0) is 20.5. The molecule has 0 atom stereocenters. The number of urea groups is 1. The number of thiophene rings is 1. The SMILES string of the molecule is CNC(=O)c1cc(-c2ccc(OC)cc2)sc1NC(N)=O.Fc1ccccc1. The molecule has 0 saturated heterocycles. The molecule has 1 heterocycles. The lowest BCUT2D eigenvalue weighted by atomic mass is 10.1. The number of hydrogen-bond acceptors (Lipinski definition) is 4. The quantitative estimate of drug-likeness (QED) is 0.614. The Morgan fingerprint density at radius 2 is 1.71 bits per heavy atom. The number of benzene rings is 2. The molecule has 0 aliphatic heterocycles. The van der Waals surface area contributed by atoms with E-state index in [2.05, 4.69) is 10.6 Å². The second-order valence-corrected chi connectivity index (χ2v) is 6.50. The van der Waals surface area contributed by atoms with E-state index < -0.39 is 6.03 Å². The van der Waals surface area contributed by atoms with E-state index >= 15 is 0 Å². The van der Waals surface area contributed by atoms with E-state index in [1.165, 1.54) is 30.5 Å². The molecule has 0 radical (unpaired) electrons. The number of amides is 3. The summed E-state index contributed by atoms with van der Waals surface area (Å²) in [4.78, 5) is 23.7. The van der Waals surface area contributed by atoms with Gasteiger partial charge < -0.3 is 15.8 Å². The van der Waals surface area contributed by atoms with Crippen molar-refractivity contribution in [2.45, 2.75) is 0 Å². The molecule has 4 N–H and O–H groups in total. The highest BCUT2D eigenvalue weighted by Gasteiger charge is 2.17. The molecule has 3 amide bonds.